The Hall–Kier alpha value is -1.46. The predicted octanol–water partition coefficient (Wildman–Crippen LogP) is 4.05. The number of carbonyl (C=O) groups excluding carboxylic acids is 1. The Balaban J connectivity index is 2.42. The van der Waals surface area contributed by atoms with E-state index in [9.17, 15) is 4.79 Å². The van der Waals surface area contributed by atoms with E-state index in [0.29, 0.717) is 5.02 Å². The lowest BCUT2D eigenvalue weighted by atomic mass is 9.80. The molecule has 3 N–H and O–H groups in total. The van der Waals surface area contributed by atoms with Gasteiger partial charge in [-0.05, 0) is 48.8 Å². The number of carbonyl (C=O) groups is 1. The van der Waals surface area contributed by atoms with Crippen molar-refractivity contribution < 1.29 is 4.79 Å². The van der Waals surface area contributed by atoms with Crippen molar-refractivity contribution in [2.24, 2.45) is 11.3 Å². The summed E-state index contributed by atoms with van der Waals surface area (Å²) >= 11 is 6.37. The normalized spacial score (nSPS) is 23.5. The Labute approximate surface area is 162 Å². The molecule has 0 spiro atoms. The van der Waals surface area contributed by atoms with Gasteiger partial charge in [0.25, 0.3) is 0 Å². The molecule has 1 fully saturated rings. The van der Waals surface area contributed by atoms with Crippen LogP contribution in [0.5, 0.6) is 0 Å². The van der Waals surface area contributed by atoms with Crippen molar-refractivity contribution in [3.8, 4) is 0 Å². The fourth-order valence-electron chi connectivity index (χ4n) is 4.03. The molecule has 1 aromatic rings. The summed E-state index contributed by atoms with van der Waals surface area (Å²) in [4.78, 5) is 16.2. The molecule has 0 aromatic heterocycles. The molecule has 0 aliphatic carbocycles. The van der Waals surface area contributed by atoms with E-state index in [2.05, 4.69) is 31.1 Å². The van der Waals surface area contributed by atoms with Crippen LogP contribution in [-0.4, -0.2) is 37.0 Å². The molecule has 0 saturated carbocycles. The molecule has 2 unspecified atom stereocenters. The van der Waals surface area contributed by atoms with Gasteiger partial charge in [-0.25, -0.2) is 0 Å². The van der Waals surface area contributed by atoms with Crippen LogP contribution in [0.2, 0.25) is 5.02 Å². The van der Waals surface area contributed by atoms with E-state index in [4.69, 9.17) is 17.4 Å². The van der Waals surface area contributed by atoms with Crippen molar-refractivity contribution in [1.29, 1.82) is 0 Å². The third-order valence-electron chi connectivity index (χ3n) is 5.97. The van der Waals surface area contributed by atoms with Crippen LogP contribution >= 0.6 is 11.6 Å². The zero-order chi connectivity index (χ0) is 19.5. The van der Waals surface area contributed by atoms with Gasteiger partial charge in [0.1, 0.15) is 0 Å². The summed E-state index contributed by atoms with van der Waals surface area (Å²) in [7, 11) is 1.92. The summed E-state index contributed by atoms with van der Waals surface area (Å²) in [6.07, 6.45) is 3.91. The second-order valence-corrected chi connectivity index (χ2v) is 8.25. The second-order valence-electron chi connectivity index (χ2n) is 7.81. The first-order chi connectivity index (χ1) is 12.2. The molecule has 2 rings (SSSR count). The molecule has 1 aliphatic rings. The highest BCUT2D eigenvalue weighted by Crippen LogP contribution is 2.39. The van der Waals surface area contributed by atoms with Crippen LogP contribution in [0, 0.1) is 5.41 Å². The van der Waals surface area contributed by atoms with Gasteiger partial charge in [-0.1, -0.05) is 32.4 Å². The van der Waals surface area contributed by atoms with Gasteiger partial charge >= 0.3 is 0 Å². The number of nitrogens with two attached hydrogens (primary N) is 1. The lowest BCUT2D eigenvalue weighted by molar-refractivity contribution is -0.130. The number of hydrogen-bond donors (Lipinski definition) is 2. The van der Waals surface area contributed by atoms with E-state index in [1.807, 2.05) is 24.1 Å². The van der Waals surface area contributed by atoms with Crippen LogP contribution in [0.3, 0.4) is 0 Å². The minimum absolute atomic E-state index is 0.133. The average Bonchev–Trinajstić information content (AvgIpc) is 2.79. The van der Waals surface area contributed by atoms with E-state index >= 15 is 0 Å². The maximum atomic E-state index is 11.9. The Kier molecular flexibility index (Phi) is 6.80. The standard InChI is InChI=1S/C20H33ClN4O/c1-6-17-18(23-22)10-15(21)11-19(17)25-9-8-16(24(5)14(3)26)12-20(4,7-2)13-25/h10-11,16,23H,6-9,12-13,22H2,1-5H3. The smallest absolute Gasteiger partial charge is 0.219 e. The number of benzene rings is 1. The number of hydrogen-bond acceptors (Lipinski definition) is 4. The molecule has 0 radical (unpaired) electrons. The zero-order valence-corrected chi connectivity index (χ0v) is 17.5. The number of nitrogens with zero attached hydrogens (tertiary/aromatic N) is 2. The zero-order valence-electron chi connectivity index (χ0n) is 16.7. The van der Waals surface area contributed by atoms with Crippen LogP contribution in [0.15, 0.2) is 12.1 Å². The summed E-state index contributed by atoms with van der Waals surface area (Å²) in [6.45, 7) is 10.2. The first-order valence-corrected chi connectivity index (χ1v) is 9.89. The number of nitrogen functional groups attached to an aromatic ring is 1. The number of halogens is 1. The van der Waals surface area contributed by atoms with Crippen molar-refractivity contribution in [2.75, 3.05) is 30.5 Å². The van der Waals surface area contributed by atoms with Gasteiger partial charge in [0.2, 0.25) is 5.91 Å². The largest absolute Gasteiger partial charge is 0.371 e. The molecule has 2 atom stereocenters. The summed E-state index contributed by atoms with van der Waals surface area (Å²) in [6, 6.07) is 4.19. The van der Waals surface area contributed by atoms with Crippen molar-refractivity contribution in [3.05, 3.63) is 22.7 Å². The van der Waals surface area contributed by atoms with Crippen molar-refractivity contribution in [1.82, 2.24) is 4.90 Å². The van der Waals surface area contributed by atoms with Crippen molar-refractivity contribution in [3.63, 3.8) is 0 Å². The molecular weight excluding hydrogens is 348 g/mol. The summed E-state index contributed by atoms with van der Waals surface area (Å²) in [5.74, 6) is 5.86. The van der Waals surface area contributed by atoms with Gasteiger partial charge in [0.15, 0.2) is 0 Å². The van der Waals surface area contributed by atoms with Gasteiger partial charge in [0, 0.05) is 43.8 Å². The molecule has 5 nitrogen and oxygen atoms in total. The van der Waals surface area contributed by atoms with Gasteiger partial charge in [-0.15, -0.1) is 0 Å². The monoisotopic (exact) mass is 380 g/mol. The van der Waals surface area contributed by atoms with Gasteiger partial charge in [-0.3, -0.25) is 10.6 Å². The molecule has 0 bridgehead atoms. The summed E-state index contributed by atoms with van der Waals surface area (Å²) in [5, 5.41) is 0.685. The Morgan fingerprint density at radius 2 is 2.15 bits per heavy atom. The predicted molar refractivity (Wildman–Crippen MR) is 111 cm³/mol. The van der Waals surface area contributed by atoms with E-state index in [1.165, 1.54) is 5.56 Å². The molecule has 1 heterocycles. The molecule has 1 aliphatic heterocycles. The topological polar surface area (TPSA) is 61.6 Å². The number of nitrogens with one attached hydrogen (secondary N) is 1. The number of amides is 1. The Morgan fingerprint density at radius 1 is 1.46 bits per heavy atom. The van der Waals surface area contributed by atoms with Crippen molar-refractivity contribution in [2.45, 2.75) is 59.4 Å². The van der Waals surface area contributed by atoms with Crippen LogP contribution in [0.25, 0.3) is 0 Å². The fraction of sp³-hybridized carbons (Fsp3) is 0.650. The lowest BCUT2D eigenvalue weighted by Gasteiger charge is -2.36. The first kappa shape index (κ1) is 20.8. The van der Waals surface area contributed by atoms with E-state index in [0.717, 1.165) is 50.1 Å². The molecule has 1 saturated heterocycles. The lowest BCUT2D eigenvalue weighted by Crippen LogP contribution is -2.39. The maximum absolute atomic E-state index is 11.9. The van der Waals surface area contributed by atoms with Crippen LogP contribution in [0.1, 0.15) is 52.5 Å². The molecule has 6 heteroatoms. The average molecular weight is 381 g/mol. The molecular formula is C20H33ClN4O. The molecule has 26 heavy (non-hydrogen) atoms. The third-order valence-corrected chi connectivity index (χ3v) is 6.19. The second kappa shape index (κ2) is 8.49. The number of hydrazine groups is 1. The number of rotatable bonds is 5. The Bertz CT molecular complexity index is 651. The summed E-state index contributed by atoms with van der Waals surface area (Å²) < 4.78 is 0. The van der Waals surface area contributed by atoms with E-state index in [-0.39, 0.29) is 17.4 Å². The highest BCUT2D eigenvalue weighted by molar-refractivity contribution is 6.31. The van der Waals surface area contributed by atoms with E-state index in [1.54, 1.807) is 6.92 Å². The van der Waals surface area contributed by atoms with Crippen LogP contribution in [-0.2, 0) is 11.2 Å². The van der Waals surface area contributed by atoms with Gasteiger partial charge in [0.05, 0.1) is 5.69 Å². The van der Waals surface area contributed by atoms with Gasteiger partial charge in [-0.2, -0.15) is 0 Å². The Morgan fingerprint density at radius 3 is 2.69 bits per heavy atom. The van der Waals surface area contributed by atoms with Crippen molar-refractivity contribution >= 4 is 28.9 Å². The quantitative estimate of drug-likeness (QED) is 0.597. The summed E-state index contributed by atoms with van der Waals surface area (Å²) in [5.41, 5.74) is 6.15. The maximum Gasteiger partial charge on any atom is 0.219 e. The van der Waals surface area contributed by atoms with Crippen LogP contribution in [0.4, 0.5) is 11.4 Å². The minimum Gasteiger partial charge on any atom is -0.371 e. The highest BCUT2D eigenvalue weighted by Gasteiger charge is 2.35. The first-order valence-electron chi connectivity index (χ1n) is 9.52. The van der Waals surface area contributed by atoms with E-state index < -0.39 is 0 Å². The van der Waals surface area contributed by atoms with Crippen LogP contribution < -0.4 is 16.2 Å². The number of anilines is 2. The fourth-order valence-corrected chi connectivity index (χ4v) is 4.25. The highest BCUT2D eigenvalue weighted by atomic mass is 35.5. The van der Waals surface area contributed by atoms with Gasteiger partial charge < -0.3 is 15.2 Å². The SMILES string of the molecule is CCc1c(NN)cc(Cl)cc1N1CCC(N(C)C(C)=O)CC(C)(CC)C1. The molecule has 146 valence electrons. The minimum atomic E-state index is 0.133. The molecule has 1 aromatic carbocycles. The molecule has 1 amide bonds. The third kappa shape index (κ3) is 4.44.